The standard InChI is InChI=1S/C57H63N3/c1-37(38-16-6-4-7-17-38)32-42(39-18-8-5-9-19-39)35-56(58)60-53-25-15-12-22-46(53)49-34-41(27-31-55(49)60)40-26-30-54-48(33-40)45-21-11-14-24-52(45)59(54)43-28-29-51-47(36-43)44-20-10-13-23-50(44)57(51,2)3/h6,8,13,15-19,23,25,27-29,32-37,48,54-55H,4-5,7,9-12,14,20-22,24,26,30-31,58H2,1-3H3/b42-32+,56-35+. The van der Waals surface area contributed by atoms with Crippen LogP contribution in [-0.4, -0.2) is 17.0 Å². The van der Waals surface area contributed by atoms with E-state index in [9.17, 15) is 0 Å². The van der Waals surface area contributed by atoms with Gasteiger partial charge in [-0.1, -0.05) is 99.7 Å². The van der Waals surface area contributed by atoms with Crippen LogP contribution in [0.3, 0.4) is 0 Å². The first-order valence-corrected chi connectivity index (χ1v) is 23.7. The molecule has 0 radical (unpaired) electrons. The predicted octanol–water partition coefficient (Wildman–Crippen LogP) is 13.9. The first-order chi connectivity index (χ1) is 29.3. The monoisotopic (exact) mass is 790 g/mol. The molecule has 1 aromatic rings. The molecule has 0 saturated heterocycles. The van der Waals surface area contributed by atoms with Crippen molar-refractivity contribution in [3.8, 4) is 0 Å². The van der Waals surface area contributed by atoms with E-state index in [2.05, 4.69) is 140 Å². The predicted molar refractivity (Wildman–Crippen MR) is 252 cm³/mol. The molecule has 4 unspecified atom stereocenters. The number of nitrogens with two attached hydrogens (primary N) is 1. The zero-order valence-corrected chi connectivity index (χ0v) is 36.3. The van der Waals surface area contributed by atoms with Gasteiger partial charge in [0, 0.05) is 34.5 Å². The number of anilines is 1. The van der Waals surface area contributed by atoms with Gasteiger partial charge in [-0.05, 0) is 199 Å². The Bertz CT molecular complexity index is 2480. The van der Waals surface area contributed by atoms with E-state index in [1.165, 1.54) is 94.5 Å². The third-order valence-electron chi connectivity index (χ3n) is 15.7. The topological polar surface area (TPSA) is 32.5 Å². The third kappa shape index (κ3) is 6.28. The first-order valence-electron chi connectivity index (χ1n) is 23.7. The maximum Gasteiger partial charge on any atom is 0.104 e. The van der Waals surface area contributed by atoms with Crippen molar-refractivity contribution in [1.82, 2.24) is 4.90 Å². The number of benzene rings is 1. The Hall–Kier alpha value is -5.02. The Morgan fingerprint density at radius 1 is 0.833 bits per heavy atom. The van der Waals surface area contributed by atoms with E-state index in [1.807, 2.05) is 0 Å². The molecule has 0 aromatic heterocycles. The Kier molecular flexibility index (Phi) is 9.58. The maximum atomic E-state index is 7.31. The van der Waals surface area contributed by atoms with Gasteiger partial charge in [-0.15, -0.1) is 0 Å². The van der Waals surface area contributed by atoms with Crippen molar-refractivity contribution in [3.05, 3.63) is 188 Å². The van der Waals surface area contributed by atoms with E-state index in [0.29, 0.717) is 17.9 Å². The first kappa shape index (κ1) is 37.9. The lowest BCUT2D eigenvalue weighted by molar-refractivity contribution is 0.378. The van der Waals surface area contributed by atoms with Gasteiger partial charge in [0.25, 0.3) is 0 Å². The second-order valence-corrected chi connectivity index (χ2v) is 19.5. The van der Waals surface area contributed by atoms with Crippen molar-refractivity contribution < 1.29 is 0 Å². The average molecular weight is 790 g/mol. The van der Waals surface area contributed by atoms with Crippen molar-refractivity contribution in [2.45, 2.75) is 135 Å². The molecule has 2 N–H and O–H groups in total. The molecule has 11 rings (SSSR count). The van der Waals surface area contributed by atoms with Gasteiger partial charge in [0.2, 0.25) is 0 Å². The van der Waals surface area contributed by atoms with Gasteiger partial charge >= 0.3 is 0 Å². The zero-order chi connectivity index (χ0) is 40.5. The molecule has 60 heavy (non-hydrogen) atoms. The van der Waals surface area contributed by atoms with Crippen molar-refractivity contribution in [2.24, 2.45) is 17.6 Å². The molecule has 0 fully saturated rings. The van der Waals surface area contributed by atoms with Crippen LogP contribution in [0.1, 0.15) is 128 Å². The summed E-state index contributed by atoms with van der Waals surface area (Å²) in [6.07, 6.45) is 53.6. The summed E-state index contributed by atoms with van der Waals surface area (Å²) in [6.45, 7) is 7.19. The molecule has 0 amide bonds. The highest BCUT2D eigenvalue weighted by molar-refractivity contribution is 5.85. The van der Waals surface area contributed by atoms with Crippen LogP contribution in [0.4, 0.5) is 5.69 Å². The van der Waals surface area contributed by atoms with Crippen LogP contribution < -0.4 is 10.6 Å². The zero-order valence-electron chi connectivity index (χ0n) is 36.3. The van der Waals surface area contributed by atoms with Crippen LogP contribution >= 0.6 is 0 Å². The summed E-state index contributed by atoms with van der Waals surface area (Å²) in [6, 6.07) is 8.31. The van der Waals surface area contributed by atoms with Crippen LogP contribution in [-0.2, 0) is 5.41 Å². The smallest absolute Gasteiger partial charge is 0.104 e. The van der Waals surface area contributed by atoms with Crippen LogP contribution in [0, 0.1) is 11.8 Å². The molecule has 3 heteroatoms. The number of rotatable bonds is 7. The summed E-state index contributed by atoms with van der Waals surface area (Å²) in [5, 5.41) is 0. The van der Waals surface area contributed by atoms with Crippen LogP contribution in [0.15, 0.2) is 177 Å². The molecule has 4 atom stereocenters. The van der Waals surface area contributed by atoms with Crippen molar-refractivity contribution in [3.63, 3.8) is 0 Å². The van der Waals surface area contributed by atoms with E-state index < -0.39 is 0 Å². The Morgan fingerprint density at radius 2 is 1.63 bits per heavy atom. The molecule has 1 aromatic carbocycles. The van der Waals surface area contributed by atoms with Gasteiger partial charge in [0.05, 0.1) is 6.04 Å². The number of nitrogens with zero attached hydrogens (tertiary/aromatic N) is 2. The number of allylic oxidation sites excluding steroid dienone is 21. The van der Waals surface area contributed by atoms with E-state index in [-0.39, 0.29) is 11.5 Å². The molecule has 0 spiro atoms. The lowest BCUT2D eigenvalue weighted by atomic mass is 9.77. The van der Waals surface area contributed by atoms with E-state index in [1.54, 1.807) is 28.0 Å². The van der Waals surface area contributed by atoms with Gasteiger partial charge in [0.15, 0.2) is 0 Å². The molecule has 0 saturated carbocycles. The molecule has 0 bridgehead atoms. The highest BCUT2D eigenvalue weighted by atomic mass is 15.3. The average Bonchev–Trinajstić information content (AvgIpc) is 3.89. The summed E-state index contributed by atoms with van der Waals surface area (Å²) in [4.78, 5) is 5.32. The van der Waals surface area contributed by atoms with Crippen molar-refractivity contribution in [2.75, 3.05) is 4.90 Å². The molecule has 306 valence electrons. The maximum absolute atomic E-state index is 7.31. The molecule has 2 aliphatic heterocycles. The summed E-state index contributed by atoms with van der Waals surface area (Å²) in [5.41, 5.74) is 29.7. The van der Waals surface area contributed by atoms with Gasteiger partial charge in [-0.25, -0.2) is 0 Å². The Labute approximate surface area is 359 Å². The van der Waals surface area contributed by atoms with E-state index >= 15 is 0 Å². The van der Waals surface area contributed by atoms with Crippen LogP contribution in [0.25, 0.3) is 5.57 Å². The lowest BCUT2D eigenvalue weighted by Crippen LogP contribution is -2.36. The quantitative estimate of drug-likeness (QED) is 0.279. The Balaban J connectivity index is 0.897. The summed E-state index contributed by atoms with van der Waals surface area (Å²) in [7, 11) is 0. The van der Waals surface area contributed by atoms with Gasteiger partial charge in [0.1, 0.15) is 5.82 Å². The fourth-order valence-electron chi connectivity index (χ4n) is 12.7. The lowest BCUT2D eigenvalue weighted by Gasteiger charge is -2.36. The van der Waals surface area contributed by atoms with Crippen molar-refractivity contribution in [1.29, 1.82) is 0 Å². The number of fused-ring (bicyclic) bond motifs is 6. The molecule has 2 heterocycles. The minimum absolute atomic E-state index is 0.0864. The van der Waals surface area contributed by atoms with Crippen molar-refractivity contribution >= 4 is 11.3 Å². The molecule has 8 aliphatic carbocycles. The van der Waals surface area contributed by atoms with Crippen LogP contribution in [0.5, 0.6) is 0 Å². The van der Waals surface area contributed by atoms with Gasteiger partial charge in [-0.3, -0.25) is 0 Å². The molecular formula is C57H63N3. The second kappa shape index (κ2) is 15.2. The largest absolute Gasteiger partial charge is 0.385 e. The van der Waals surface area contributed by atoms with E-state index in [0.717, 1.165) is 63.6 Å². The molecule has 3 nitrogen and oxygen atoms in total. The fourth-order valence-corrected chi connectivity index (χ4v) is 12.7. The van der Waals surface area contributed by atoms with Crippen LogP contribution in [0.2, 0.25) is 0 Å². The fraction of sp³-hybridized carbons (Fsp3) is 0.404. The SMILES string of the molecule is CC(/C=C(\C=C(/N)N1C2=C(CCC=C2)C2=CC(C3=CC4C5=C(CCCC5)N(c5ccc6c(c5)C5=C(C=CCC5)C6(C)C)C4CC3)=CCC21)C1=CCCC=C1)C1=CCCC=C1. The van der Waals surface area contributed by atoms with Gasteiger partial charge in [-0.2, -0.15) is 0 Å². The highest BCUT2D eigenvalue weighted by Gasteiger charge is 2.45. The minimum Gasteiger partial charge on any atom is -0.385 e. The number of hydrogen-bond acceptors (Lipinski definition) is 3. The van der Waals surface area contributed by atoms with Gasteiger partial charge < -0.3 is 15.5 Å². The van der Waals surface area contributed by atoms with E-state index in [4.69, 9.17) is 5.73 Å². The summed E-state index contributed by atoms with van der Waals surface area (Å²) >= 11 is 0. The Morgan fingerprint density at radius 3 is 2.47 bits per heavy atom. The molecule has 10 aliphatic rings. The second-order valence-electron chi connectivity index (χ2n) is 19.5. The third-order valence-corrected chi connectivity index (χ3v) is 15.7. The minimum atomic E-state index is 0.0864. The summed E-state index contributed by atoms with van der Waals surface area (Å²) in [5.74, 6) is 1.68. The molecular weight excluding hydrogens is 727 g/mol. The summed E-state index contributed by atoms with van der Waals surface area (Å²) < 4.78 is 0. The normalized spacial score (nSPS) is 28.4. The highest BCUT2D eigenvalue weighted by Crippen LogP contribution is 2.54. The number of hydrogen-bond donors (Lipinski definition) is 1.